The smallest absolute Gasteiger partial charge is 0.311 e. The van der Waals surface area contributed by atoms with Crippen molar-refractivity contribution < 1.29 is 29.0 Å². The van der Waals surface area contributed by atoms with Crippen LogP contribution in [0.15, 0.2) is 25.3 Å². The molecule has 0 aromatic rings. The van der Waals surface area contributed by atoms with Crippen molar-refractivity contribution in [3.8, 4) is 0 Å². The highest BCUT2D eigenvalue weighted by atomic mass is 32.2. The van der Waals surface area contributed by atoms with Gasteiger partial charge in [0.2, 0.25) is 11.8 Å². The van der Waals surface area contributed by atoms with Gasteiger partial charge >= 0.3 is 5.97 Å². The number of ether oxygens (including phenoxy) is 2. The van der Waals surface area contributed by atoms with Crippen LogP contribution in [0.2, 0.25) is 0 Å². The molecule has 2 amide bonds. The molecule has 2 unspecified atom stereocenters. The number of esters is 1. The molecule has 9 nitrogen and oxygen atoms in total. The predicted octanol–water partition coefficient (Wildman–Crippen LogP) is 1.32. The van der Waals surface area contributed by atoms with Gasteiger partial charge in [-0.1, -0.05) is 12.2 Å². The maximum absolute atomic E-state index is 14.3. The lowest BCUT2D eigenvalue weighted by molar-refractivity contribution is -0.155. The Morgan fingerprint density at radius 3 is 2.68 bits per heavy atom. The molecule has 206 valence electrons. The first kappa shape index (κ1) is 28.1. The fraction of sp³-hybridized carbons (Fsp3) is 0.741. The number of carbonyl (C=O) groups is 3. The van der Waals surface area contributed by atoms with Gasteiger partial charge in [0, 0.05) is 50.6 Å². The van der Waals surface area contributed by atoms with Gasteiger partial charge in [0.1, 0.15) is 6.04 Å². The van der Waals surface area contributed by atoms with Crippen LogP contribution in [0.5, 0.6) is 0 Å². The van der Waals surface area contributed by atoms with Crippen LogP contribution in [0.4, 0.5) is 0 Å². The number of morpholine rings is 1. The quantitative estimate of drug-likeness (QED) is 0.214. The minimum Gasteiger partial charge on any atom is -0.465 e. The topological polar surface area (TPSA) is 99.6 Å². The molecule has 0 aromatic carbocycles. The Morgan fingerprint density at radius 2 is 2.00 bits per heavy atom. The van der Waals surface area contributed by atoms with E-state index in [1.165, 1.54) is 0 Å². The summed E-state index contributed by atoms with van der Waals surface area (Å²) in [6, 6.07) is -0.681. The second kappa shape index (κ2) is 11.9. The molecule has 4 saturated heterocycles. The SMILES string of the molecule is C=CCCOC(=O)[C@@H]1[C@H]2C(=O)N(CCCO)C(C(=O)N(CC=C)CCN3CCOCC3)C23CC[C@@]1(C)S3. The van der Waals surface area contributed by atoms with Crippen molar-refractivity contribution in [1.82, 2.24) is 14.7 Å². The average Bonchev–Trinajstić information content (AvgIpc) is 3.46. The lowest BCUT2D eigenvalue weighted by atomic mass is 9.66. The molecular formula is C27H41N3O6S. The molecule has 10 heteroatoms. The summed E-state index contributed by atoms with van der Waals surface area (Å²) in [7, 11) is 0. The summed E-state index contributed by atoms with van der Waals surface area (Å²) in [4.78, 5) is 47.3. The van der Waals surface area contributed by atoms with Gasteiger partial charge in [0.15, 0.2) is 0 Å². The van der Waals surface area contributed by atoms with Crippen LogP contribution < -0.4 is 0 Å². The number of amides is 2. The molecule has 0 radical (unpaired) electrons. The third kappa shape index (κ3) is 5.22. The molecule has 37 heavy (non-hydrogen) atoms. The van der Waals surface area contributed by atoms with Gasteiger partial charge in [-0.2, -0.15) is 0 Å². The van der Waals surface area contributed by atoms with E-state index in [9.17, 15) is 19.5 Å². The number of rotatable bonds is 13. The van der Waals surface area contributed by atoms with E-state index >= 15 is 0 Å². The normalized spacial score (nSPS) is 32.9. The fourth-order valence-electron chi connectivity index (χ4n) is 6.58. The van der Waals surface area contributed by atoms with E-state index in [1.54, 1.807) is 33.7 Å². The van der Waals surface area contributed by atoms with Crippen molar-refractivity contribution in [3.63, 3.8) is 0 Å². The Hall–Kier alpha value is -1.88. The van der Waals surface area contributed by atoms with Gasteiger partial charge < -0.3 is 24.4 Å². The highest BCUT2D eigenvalue weighted by Crippen LogP contribution is 2.71. The molecule has 4 fully saturated rings. The number of hydrogen-bond donors (Lipinski definition) is 1. The van der Waals surface area contributed by atoms with E-state index in [0.29, 0.717) is 45.6 Å². The first-order valence-electron chi connectivity index (χ1n) is 13.4. The molecule has 0 aromatic heterocycles. The minimum absolute atomic E-state index is 0.0758. The zero-order valence-corrected chi connectivity index (χ0v) is 22.8. The van der Waals surface area contributed by atoms with Crippen molar-refractivity contribution in [2.45, 2.75) is 48.1 Å². The molecule has 0 aliphatic carbocycles. The molecule has 4 rings (SSSR count). The highest BCUT2D eigenvalue weighted by Gasteiger charge is 2.77. The van der Waals surface area contributed by atoms with E-state index in [-0.39, 0.29) is 37.5 Å². The molecule has 4 aliphatic heterocycles. The van der Waals surface area contributed by atoms with Crippen molar-refractivity contribution in [2.75, 3.05) is 65.7 Å². The summed E-state index contributed by atoms with van der Waals surface area (Å²) in [5, 5.41) is 9.54. The first-order valence-corrected chi connectivity index (χ1v) is 14.2. The minimum atomic E-state index is -0.682. The molecule has 1 N–H and O–H groups in total. The molecule has 4 heterocycles. The standard InChI is InChI=1S/C27H41N3O6S/c1-4-6-17-36-25(34)21-20-23(32)30(11-7-16-31)22(27(20)9-8-26(21,3)37-27)24(33)29(10-5-2)13-12-28-14-18-35-19-15-28/h4-5,20-22,31H,1-2,6-19H2,3H3/t20-,21-,22?,26+,27?/m0/s1. The second-order valence-corrected chi connectivity index (χ2v) is 12.5. The van der Waals surface area contributed by atoms with E-state index in [2.05, 4.69) is 18.1 Å². The Bertz CT molecular complexity index is 895. The van der Waals surface area contributed by atoms with E-state index < -0.39 is 27.4 Å². The van der Waals surface area contributed by atoms with Crippen LogP contribution in [0.3, 0.4) is 0 Å². The van der Waals surface area contributed by atoms with Crippen molar-refractivity contribution in [2.24, 2.45) is 11.8 Å². The largest absolute Gasteiger partial charge is 0.465 e. The molecule has 4 aliphatic rings. The van der Waals surface area contributed by atoms with E-state index in [1.807, 2.05) is 6.92 Å². The number of likely N-dealkylation sites (tertiary alicyclic amines) is 1. The summed E-state index contributed by atoms with van der Waals surface area (Å²) in [6.07, 6.45) is 5.79. The summed E-state index contributed by atoms with van der Waals surface area (Å²) in [5.41, 5.74) is 0. The first-order chi connectivity index (χ1) is 17.8. The molecule has 1 spiro atoms. The maximum Gasteiger partial charge on any atom is 0.311 e. The van der Waals surface area contributed by atoms with Crippen LogP contribution >= 0.6 is 11.8 Å². The third-order valence-corrected chi connectivity index (χ3v) is 10.3. The number of nitrogens with zero attached hydrogens (tertiary/aromatic N) is 3. The third-order valence-electron chi connectivity index (χ3n) is 8.34. The molecule has 5 atom stereocenters. The summed E-state index contributed by atoms with van der Waals surface area (Å²) in [6.45, 7) is 14.7. The highest BCUT2D eigenvalue weighted by molar-refractivity contribution is 8.02. The van der Waals surface area contributed by atoms with E-state index in [0.717, 1.165) is 26.1 Å². The maximum atomic E-state index is 14.3. The summed E-state index contributed by atoms with van der Waals surface area (Å²) >= 11 is 1.64. The van der Waals surface area contributed by atoms with Crippen molar-refractivity contribution in [3.05, 3.63) is 25.3 Å². The zero-order valence-electron chi connectivity index (χ0n) is 21.9. The Balaban J connectivity index is 1.62. The van der Waals surface area contributed by atoms with Crippen molar-refractivity contribution >= 4 is 29.5 Å². The lowest BCUT2D eigenvalue weighted by Crippen LogP contribution is -2.56. The van der Waals surface area contributed by atoms with Gasteiger partial charge in [-0.05, 0) is 32.6 Å². The lowest BCUT2D eigenvalue weighted by Gasteiger charge is -2.38. The number of thioether (sulfide) groups is 1. The Morgan fingerprint density at radius 1 is 1.24 bits per heavy atom. The number of carbonyl (C=O) groups excluding carboxylic acids is 3. The van der Waals surface area contributed by atoms with Gasteiger partial charge in [0.25, 0.3) is 0 Å². The number of aliphatic hydroxyl groups is 1. The number of hydrogen-bond acceptors (Lipinski definition) is 8. The fourth-order valence-corrected chi connectivity index (χ4v) is 8.92. The Kier molecular flexibility index (Phi) is 9.04. The van der Waals surface area contributed by atoms with Gasteiger partial charge in [-0.25, -0.2) is 0 Å². The van der Waals surface area contributed by atoms with Crippen LogP contribution in [-0.4, -0.2) is 119 Å². The summed E-state index contributed by atoms with van der Waals surface area (Å²) in [5.74, 6) is -1.83. The average molecular weight is 536 g/mol. The molecular weight excluding hydrogens is 494 g/mol. The van der Waals surface area contributed by atoms with Crippen molar-refractivity contribution in [1.29, 1.82) is 0 Å². The number of fused-ring (bicyclic) bond motifs is 1. The van der Waals surface area contributed by atoms with Gasteiger partial charge in [-0.15, -0.1) is 24.9 Å². The second-order valence-electron chi connectivity index (χ2n) is 10.6. The molecule has 2 bridgehead atoms. The summed E-state index contributed by atoms with van der Waals surface area (Å²) < 4.78 is 9.89. The van der Waals surface area contributed by atoms with Gasteiger partial charge in [0.05, 0.1) is 36.4 Å². The molecule has 0 saturated carbocycles. The van der Waals surface area contributed by atoms with E-state index in [4.69, 9.17) is 9.47 Å². The monoisotopic (exact) mass is 535 g/mol. The van der Waals surface area contributed by atoms with Crippen LogP contribution in [-0.2, 0) is 23.9 Å². The predicted molar refractivity (Wildman–Crippen MR) is 142 cm³/mol. The Labute approximate surface area is 224 Å². The van der Waals surface area contributed by atoms with Crippen LogP contribution in [0.1, 0.15) is 32.6 Å². The van der Waals surface area contributed by atoms with Crippen LogP contribution in [0, 0.1) is 11.8 Å². The van der Waals surface area contributed by atoms with Crippen LogP contribution in [0.25, 0.3) is 0 Å². The van der Waals surface area contributed by atoms with Gasteiger partial charge in [-0.3, -0.25) is 19.3 Å². The zero-order chi connectivity index (χ0) is 26.6. The number of aliphatic hydroxyl groups excluding tert-OH is 1.